The summed E-state index contributed by atoms with van der Waals surface area (Å²) in [7, 11) is 0. The normalized spacial score (nSPS) is 21.5. The molecule has 6 nitrogen and oxygen atoms in total. The predicted octanol–water partition coefficient (Wildman–Crippen LogP) is 2.36. The fourth-order valence-electron chi connectivity index (χ4n) is 2.99. The number of carbonyl (C=O) groups is 2. The molecule has 0 spiro atoms. The van der Waals surface area contributed by atoms with Crippen LogP contribution < -0.4 is 10.2 Å². The van der Waals surface area contributed by atoms with Crippen molar-refractivity contribution in [2.45, 2.75) is 38.3 Å². The lowest BCUT2D eigenvalue weighted by molar-refractivity contribution is -0.119. The van der Waals surface area contributed by atoms with Crippen LogP contribution in [-0.4, -0.2) is 31.2 Å². The van der Waals surface area contributed by atoms with Crippen molar-refractivity contribution in [3.63, 3.8) is 0 Å². The molecule has 2 fully saturated rings. The molecule has 2 aliphatic rings. The van der Waals surface area contributed by atoms with Gasteiger partial charge >= 0.3 is 6.09 Å². The van der Waals surface area contributed by atoms with E-state index in [1.54, 1.807) is 4.90 Å². The smallest absolute Gasteiger partial charge is 0.414 e. The Hall–Kier alpha value is -2.55. The number of nitrogens with one attached hydrogen (secondary N) is 1. The van der Waals surface area contributed by atoms with E-state index in [4.69, 9.17) is 11.3 Å². The summed E-state index contributed by atoms with van der Waals surface area (Å²) in [6.45, 7) is 11.5. The maximum atomic E-state index is 12.0. The zero-order chi connectivity index (χ0) is 16.6. The predicted molar refractivity (Wildman–Crippen MR) is 85.0 cm³/mol. The molecule has 1 heterocycles. The highest BCUT2D eigenvalue weighted by Gasteiger charge is 2.53. The van der Waals surface area contributed by atoms with Gasteiger partial charge in [-0.25, -0.2) is 11.4 Å². The highest BCUT2D eigenvalue weighted by atomic mass is 16.6. The van der Waals surface area contributed by atoms with Crippen LogP contribution in [0.25, 0.3) is 4.85 Å². The van der Waals surface area contributed by atoms with Gasteiger partial charge in [-0.1, -0.05) is 0 Å². The fourth-order valence-corrected chi connectivity index (χ4v) is 2.99. The van der Waals surface area contributed by atoms with E-state index < -0.39 is 6.09 Å². The van der Waals surface area contributed by atoms with E-state index in [-0.39, 0.29) is 17.6 Å². The number of aryl methyl sites for hydroxylation is 1. The van der Waals surface area contributed by atoms with Crippen LogP contribution >= 0.6 is 0 Å². The highest BCUT2D eigenvalue weighted by molar-refractivity contribution is 5.90. The van der Waals surface area contributed by atoms with Gasteiger partial charge in [0.05, 0.1) is 13.1 Å². The Bertz CT molecular complexity index is 704. The number of hydrogen-bond donors (Lipinski definition) is 1. The van der Waals surface area contributed by atoms with Crippen LogP contribution in [0.4, 0.5) is 10.5 Å². The first kappa shape index (κ1) is 15.3. The van der Waals surface area contributed by atoms with E-state index in [1.807, 2.05) is 25.1 Å². The largest absolute Gasteiger partial charge is 0.442 e. The lowest BCUT2D eigenvalue weighted by atomic mass is 9.99. The minimum absolute atomic E-state index is 0.145. The summed E-state index contributed by atoms with van der Waals surface area (Å²) in [6.07, 6.45) is 1.06. The molecule has 2 amide bonds. The Morgan fingerprint density at radius 2 is 2.26 bits per heavy atom. The van der Waals surface area contributed by atoms with Gasteiger partial charge in [0, 0.05) is 31.0 Å². The number of cyclic esters (lactones) is 1. The van der Waals surface area contributed by atoms with Gasteiger partial charge in [-0.3, -0.25) is 9.69 Å². The Labute approximate surface area is 135 Å². The number of nitrogens with zero attached hydrogens (tertiary/aromatic N) is 2. The minimum Gasteiger partial charge on any atom is -0.442 e. The summed E-state index contributed by atoms with van der Waals surface area (Å²) in [4.78, 5) is 28.3. The van der Waals surface area contributed by atoms with Crippen molar-refractivity contribution in [3.8, 4) is 0 Å². The van der Waals surface area contributed by atoms with Crippen molar-refractivity contribution in [1.82, 2.24) is 5.32 Å². The SMILES string of the molecule is [C-]#[N+]C1(c2ccc(N3C[C@H](CNC(C)=O)OC3=O)cc2C)CC1. The van der Waals surface area contributed by atoms with Crippen LogP contribution in [0.2, 0.25) is 0 Å². The summed E-state index contributed by atoms with van der Waals surface area (Å²) in [5.74, 6) is -0.145. The van der Waals surface area contributed by atoms with Gasteiger partial charge in [0.1, 0.15) is 6.10 Å². The van der Waals surface area contributed by atoms with Gasteiger partial charge in [0.15, 0.2) is 0 Å². The molecule has 1 aromatic carbocycles. The number of carbonyl (C=O) groups excluding carboxylic acids is 2. The van der Waals surface area contributed by atoms with Gasteiger partial charge in [-0.2, -0.15) is 0 Å². The van der Waals surface area contributed by atoms with Crippen LogP contribution in [0.3, 0.4) is 0 Å². The zero-order valence-electron chi connectivity index (χ0n) is 13.3. The van der Waals surface area contributed by atoms with Crippen LogP contribution in [0.1, 0.15) is 30.9 Å². The molecule has 1 atom stereocenters. The summed E-state index contributed by atoms with van der Waals surface area (Å²) in [5, 5.41) is 2.66. The van der Waals surface area contributed by atoms with E-state index in [0.29, 0.717) is 13.1 Å². The quantitative estimate of drug-likeness (QED) is 0.868. The van der Waals surface area contributed by atoms with E-state index >= 15 is 0 Å². The molecule has 23 heavy (non-hydrogen) atoms. The molecule has 0 unspecified atom stereocenters. The number of amides is 2. The third kappa shape index (κ3) is 2.87. The van der Waals surface area contributed by atoms with Gasteiger partial charge in [-0.05, 0) is 30.7 Å². The first-order valence-corrected chi connectivity index (χ1v) is 7.67. The van der Waals surface area contributed by atoms with E-state index in [2.05, 4.69) is 10.2 Å². The molecule has 120 valence electrons. The number of rotatable bonds is 4. The molecule has 1 saturated heterocycles. The first-order chi connectivity index (χ1) is 10.9. The van der Waals surface area contributed by atoms with Crippen molar-refractivity contribution in [3.05, 3.63) is 40.7 Å². The van der Waals surface area contributed by atoms with E-state index in [0.717, 1.165) is 29.7 Å². The van der Waals surface area contributed by atoms with E-state index in [1.165, 1.54) is 6.92 Å². The van der Waals surface area contributed by atoms with Gasteiger partial charge < -0.3 is 14.9 Å². The lowest BCUT2D eigenvalue weighted by Gasteiger charge is -2.16. The number of ether oxygens (including phenoxy) is 1. The van der Waals surface area contributed by atoms with Crippen LogP contribution in [-0.2, 0) is 15.1 Å². The molecule has 3 rings (SSSR count). The Kier molecular flexibility index (Phi) is 3.72. The monoisotopic (exact) mass is 313 g/mol. The highest BCUT2D eigenvalue weighted by Crippen LogP contribution is 2.51. The van der Waals surface area contributed by atoms with Crippen LogP contribution in [0.15, 0.2) is 18.2 Å². The Morgan fingerprint density at radius 3 is 2.83 bits per heavy atom. The topological polar surface area (TPSA) is 63.0 Å². The van der Waals surface area contributed by atoms with Crippen LogP contribution in [0, 0.1) is 13.5 Å². The summed E-state index contributed by atoms with van der Waals surface area (Å²) < 4.78 is 5.27. The number of hydrogen-bond acceptors (Lipinski definition) is 3. The van der Waals surface area contributed by atoms with Crippen LogP contribution in [0.5, 0.6) is 0 Å². The average Bonchev–Trinajstić information content (AvgIpc) is 3.22. The number of anilines is 1. The zero-order valence-corrected chi connectivity index (χ0v) is 13.3. The molecule has 1 aliphatic heterocycles. The Balaban J connectivity index is 1.75. The molecular weight excluding hydrogens is 294 g/mol. The Morgan fingerprint density at radius 1 is 1.52 bits per heavy atom. The molecule has 0 bridgehead atoms. The standard InChI is InChI=1S/C17H19N3O3/c1-11-8-13(4-5-15(11)17(18-3)6-7-17)20-10-14(23-16(20)22)9-19-12(2)21/h4-5,8,14H,6-7,9-10H2,1-2H3,(H,19,21)/t14-/m0/s1. The van der Waals surface area contributed by atoms with Gasteiger partial charge in [-0.15, -0.1) is 0 Å². The summed E-state index contributed by atoms with van der Waals surface area (Å²) >= 11 is 0. The first-order valence-electron chi connectivity index (χ1n) is 7.67. The van der Waals surface area contributed by atoms with Crippen molar-refractivity contribution >= 4 is 17.7 Å². The molecule has 1 aliphatic carbocycles. The summed E-state index contributed by atoms with van der Waals surface area (Å²) in [6, 6.07) is 5.75. The number of benzene rings is 1. The molecule has 1 N–H and O–H groups in total. The summed E-state index contributed by atoms with van der Waals surface area (Å²) in [5.41, 5.74) is 2.50. The molecule has 0 radical (unpaired) electrons. The van der Waals surface area contributed by atoms with Crippen molar-refractivity contribution in [2.24, 2.45) is 0 Å². The molecule has 1 saturated carbocycles. The fraction of sp³-hybridized carbons (Fsp3) is 0.471. The van der Waals surface area contributed by atoms with Gasteiger partial charge in [0.2, 0.25) is 5.91 Å². The second kappa shape index (κ2) is 5.58. The van der Waals surface area contributed by atoms with E-state index in [9.17, 15) is 9.59 Å². The second-order valence-corrected chi connectivity index (χ2v) is 6.20. The average molecular weight is 313 g/mol. The van der Waals surface area contributed by atoms with Crippen molar-refractivity contribution in [1.29, 1.82) is 0 Å². The second-order valence-electron chi connectivity index (χ2n) is 6.20. The maximum Gasteiger partial charge on any atom is 0.414 e. The maximum absolute atomic E-state index is 12.0. The van der Waals surface area contributed by atoms with Gasteiger partial charge in [0.25, 0.3) is 5.54 Å². The van der Waals surface area contributed by atoms with Crippen molar-refractivity contribution < 1.29 is 14.3 Å². The minimum atomic E-state index is -0.404. The van der Waals surface area contributed by atoms with Crippen molar-refractivity contribution in [2.75, 3.05) is 18.0 Å². The molecule has 6 heteroatoms. The lowest BCUT2D eigenvalue weighted by Crippen LogP contribution is -2.33. The third-order valence-electron chi connectivity index (χ3n) is 4.41. The molecule has 0 aromatic heterocycles. The molecular formula is C17H19N3O3. The molecule has 1 aromatic rings. The third-order valence-corrected chi connectivity index (χ3v) is 4.41.